The fourth-order valence-corrected chi connectivity index (χ4v) is 9.51. The second kappa shape index (κ2) is 15.7. The van der Waals surface area contributed by atoms with Gasteiger partial charge < -0.3 is 29.7 Å². The lowest BCUT2D eigenvalue weighted by atomic mass is 9.73. The molecule has 12 nitrogen and oxygen atoms in total. The zero-order valence-corrected chi connectivity index (χ0v) is 36.1. The highest BCUT2D eigenvalue weighted by Gasteiger charge is 2.56. The van der Waals surface area contributed by atoms with Gasteiger partial charge in [-0.3, -0.25) is 14.5 Å². The Hall–Kier alpha value is -5.11. The van der Waals surface area contributed by atoms with Crippen LogP contribution in [0.25, 0.3) is 22.3 Å². The molecule has 0 radical (unpaired) electrons. The van der Waals surface area contributed by atoms with Crippen LogP contribution in [0.1, 0.15) is 115 Å². The number of benzene rings is 2. The summed E-state index contributed by atoms with van der Waals surface area (Å²) in [5, 5.41) is 6.14. The molecule has 4 aliphatic rings. The second-order valence-corrected chi connectivity index (χ2v) is 18.8. The Labute approximate surface area is 351 Å². The summed E-state index contributed by atoms with van der Waals surface area (Å²) < 4.78 is 37.9. The van der Waals surface area contributed by atoms with Gasteiger partial charge in [0.05, 0.1) is 28.6 Å². The molecule has 3 amide bonds. The molecule has 60 heavy (non-hydrogen) atoms. The predicted octanol–water partition coefficient (Wildman–Crippen LogP) is 8.59. The number of aryl methyl sites for hydroxylation is 1. The first-order valence-corrected chi connectivity index (χ1v) is 21.5. The maximum Gasteiger partial charge on any atom is 0.410 e. The van der Waals surface area contributed by atoms with E-state index in [1.54, 1.807) is 18.2 Å². The summed E-state index contributed by atoms with van der Waals surface area (Å²) in [5.41, 5.74) is 3.96. The van der Waals surface area contributed by atoms with Gasteiger partial charge in [0.2, 0.25) is 5.91 Å². The van der Waals surface area contributed by atoms with E-state index in [1.165, 1.54) is 12.1 Å². The maximum absolute atomic E-state index is 15.7. The van der Waals surface area contributed by atoms with Crippen LogP contribution in [0, 0.1) is 12.7 Å². The summed E-state index contributed by atoms with van der Waals surface area (Å²) in [5.74, 6) is -0.404. The third kappa shape index (κ3) is 7.71. The Morgan fingerprint density at radius 1 is 1.00 bits per heavy atom. The molecule has 1 atom stereocenters. The van der Waals surface area contributed by atoms with Crippen LogP contribution < -0.4 is 15.5 Å². The SMILES string of the molecule is Cc1cc(F)c(Nc2nc(-c3ccc4c(c3)N(C3CC(N5CCC[C@@H](F)C5)C3)C(=O)C43CCN(C(=O)OC(C)(C)C)CC3)cc3ncn(C(C)C)c23)cc1C(=O)NC(C)C. The third-order valence-corrected chi connectivity index (χ3v) is 12.7. The fraction of sp³-hybridized carbons (Fsp3) is 0.543. The normalized spacial score (nSPS) is 21.8. The summed E-state index contributed by atoms with van der Waals surface area (Å²) >= 11 is 0. The van der Waals surface area contributed by atoms with Crippen LogP contribution in [0.3, 0.4) is 0 Å². The Morgan fingerprint density at radius 3 is 2.40 bits per heavy atom. The lowest BCUT2D eigenvalue weighted by Crippen LogP contribution is -2.59. The first-order valence-electron chi connectivity index (χ1n) is 21.5. The minimum Gasteiger partial charge on any atom is -0.444 e. The molecule has 2 aromatic heterocycles. The summed E-state index contributed by atoms with van der Waals surface area (Å²) in [6.07, 6.45) is 4.42. The minimum absolute atomic E-state index is 0.0166. The molecule has 4 aromatic rings. The molecule has 320 valence electrons. The van der Waals surface area contributed by atoms with E-state index in [1.807, 2.05) is 82.2 Å². The van der Waals surface area contributed by atoms with Crippen LogP contribution >= 0.6 is 0 Å². The van der Waals surface area contributed by atoms with Gasteiger partial charge in [-0.15, -0.1) is 0 Å². The number of halogens is 2. The van der Waals surface area contributed by atoms with E-state index in [0.717, 1.165) is 42.6 Å². The number of carbonyl (C=O) groups excluding carboxylic acids is 3. The summed E-state index contributed by atoms with van der Waals surface area (Å²) in [7, 11) is 0. The van der Waals surface area contributed by atoms with E-state index in [0.29, 0.717) is 72.6 Å². The average molecular weight is 825 g/mol. The van der Waals surface area contributed by atoms with Gasteiger partial charge in [0.25, 0.3) is 5.91 Å². The van der Waals surface area contributed by atoms with Gasteiger partial charge in [-0.25, -0.2) is 23.5 Å². The Kier molecular flexibility index (Phi) is 10.9. The number of carbonyl (C=O) groups is 3. The van der Waals surface area contributed by atoms with E-state index >= 15 is 4.39 Å². The number of fused-ring (bicyclic) bond motifs is 3. The average Bonchev–Trinajstić information content (AvgIpc) is 3.69. The standard InChI is InChI=1S/C46H58F2N8O4/c1-26(2)50-42(57)33-22-37(35(48)18-28(33)5)52-41-40-38(49-25-55(40)27(3)4)23-36(51-41)29-11-12-34-39(19-29)56(32-20-31(21-32)54-15-9-10-30(47)24-54)43(58)46(34)13-16-53(17-14-46)44(59)60-45(6,7)8/h11-12,18-19,22-23,25-27,30-32H,9-10,13-17,20-21,24H2,1-8H3,(H,50,57)(H,51,52)/t30-,31?,32?/m1/s1. The molecular formula is C46H58F2N8O4. The van der Waals surface area contributed by atoms with E-state index in [4.69, 9.17) is 14.7 Å². The first kappa shape index (κ1) is 41.6. The van der Waals surface area contributed by atoms with E-state index in [-0.39, 0.29) is 47.8 Å². The third-order valence-electron chi connectivity index (χ3n) is 12.7. The van der Waals surface area contributed by atoms with Crippen molar-refractivity contribution in [1.82, 2.24) is 29.7 Å². The molecular weight excluding hydrogens is 767 g/mol. The van der Waals surface area contributed by atoms with Crippen molar-refractivity contribution in [2.24, 2.45) is 0 Å². The predicted molar refractivity (Wildman–Crippen MR) is 229 cm³/mol. The van der Waals surface area contributed by atoms with Crippen molar-refractivity contribution in [1.29, 1.82) is 0 Å². The first-order chi connectivity index (χ1) is 28.4. The van der Waals surface area contributed by atoms with Crippen molar-refractivity contribution in [2.75, 3.05) is 36.4 Å². The van der Waals surface area contributed by atoms with Gasteiger partial charge >= 0.3 is 6.09 Å². The van der Waals surface area contributed by atoms with Crippen molar-refractivity contribution >= 4 is 46.1 Å². The smallest absolute Gasteiger partial charge is 0.410 e. The molecule has 5 heterocycles. The van der Waals surface area contributed by atoms with Gasteiger partial charge in [0, 0.05) is 60.6 Å². The van der Waals surface area contributed by atoms with Crippen LogP contribution in [0.2, 0.25) is 0 Å². The van der Waals surface area contributed by atoms with Crippen LogP contribution in [0.15, 0.2) is 42.7 Å². The van der Waals surface area contributed by atoms with Crippen molar-refractivity contribution in [2.45, 2.75) is 135 Å². The number of rotatable bonds is 8. The molecule has 3 fully saturated rings. The molecule has 2 N–H and O–H groups in total. The highest BCUT2D eigenvalue weighted by atomic mass is 19.1. The number of piperidine rings is 2. The number of nitrogens with one attached hydrogen (secondary N) is 2. The Balaban J connectivity index is 1.17. The number of anilines is 3. The van der Waals surface area contributed by atoms with Crippen molar-refractivity contribution < 1.29 is 27.9 Å². The largest absolute Gasteiger partial charge is 0.444 e. The Morgan fingerprint density at radius 2 is 1.73 bits per heavy atom. The number of likely N-dealkylation sites (tertiary alicyclic amines) is 2. The minimum atomic E-state index is -0.821. The van der Waals surface area contributed by atoms with Crippen LogP contribution in [0.5, 0.6) is 0 Å². The number of nitrogens with zero attached hydrogens (tertiary/aromatic N) is 6. The van der Waals surface area contributed by atoms with Gasteiger partial charge in [-0.2, -0.15) is 0 Å². The molecule has 2 saturated heterocycles. The molecule has 1 aliphatic carbocycles. The molecule has 0 bridgehead atoms. The monoisotopic (exact) mass is 824 g/mol. The number of alkyl halides is 1. The van der Waals surface area contributed by atoms with Crippen molar-refractivity contribution in [3.63, 3.8) is 0 Å². The van der Waals surface area contributed by atoms with Gasteiger partial charge in [-0.1, -0.05) is 12.1 Å². The quantitative estimate of drug-likeness (QED) is 0.181. The fourth-order valence-electron chi connectivity index (χ4n) is 9.51. The maximum atomic E-state index is 15.7. The zero-order chi connectivity index (χ0) is 42.8. The summed E-state index contributed by atoms with van der Waals surface area (Å²) in [4.78, 5) is 57.0. The lowest BCUT2D eigenvalue weighted by Gasteiger charge is -2.48. The number of aromatic nitrogens is 3. The number of amides is 3. The number of hydrogen-bond acceptors (Lipinski definition) is 8. The number of imidazole rings is 1. The van der Waals surface area contributed by atoms with Gasteiger partial charge in [0.15, 0.2) is 5.82 Å². The number of pyridine rings is 1. The van der Waals surface area contributed by atoms with E-state index in [2.05, 4.69) is 15.5 Å². The molecule has 1 spiro atoms. The highest BCUT2D eigenvalue weighted by molar-refractivity contribution is 6.09. The topological polar surface area (TPSA) is 125 Å². The number of ether oxygens (including phenoxy) is 1. The molecule has 8 rings (SSSR count). The van der Waals surface area contributed by atoms with Crippen LogP contribution in [-0.4, -0.2) is 98.3 Å². The highest BCUT2D eigenvalue weighted by Crippen LogP contribution is 2.52. The van der Waals surface area contributed by atoms with Gasteiger partial charge in [-0.05, 0) is 136 Å². The van der Waals surface area contributed by atoms with Crippen molar-refractivity contribution in [3.05, 3.63) is 65.2 Å². The van der Waals surface area contributed by atoms with Crippen LogP contribution in [-0.2, 0) is 14.9 Å². The molecule has 14 heteroatoms. The Bertz CT molecular complexity index is 2320. The number of hydrogen-bond donors (Lipinski definition) is 2. The molecule has 3 aliphatic heterocycles. The lowest BCUT2D eigenvalue weighted by molar-refractivity contribution is -0.126. The van der Waals surface area contributed by atoms with E-state index in [9.17, 15) is 18.8 Å². The summed E-state index contributed by atoms with van der Waals surface area (Å²) in [6.45, 7) is 17.1. The van der Waals surface area contributed by atoms with Gasteiger partial charge in [0.1, 0.15) is 23.1 Å². The van der Waals surface area contributed by atoms with Crippen LogP contribution in [0.4, 0.5) is 30.8 Å². The zero-order valence-electron chi connectivity index (χ0n) is 36.1. The molecule has 0 unspecified atom stereocenters. The summed E-state index contributed by atoms with van der Waals surface area (Å²) in [6, 6.07) is 10.9. The molecule has 1 saturated carbocycles. The molecule has 2 aromatic carbocycles. The van der Waals surface area contributed by atoms with E-state index < -0.39 is 23.0 Å². The van der Waals surface area contributed by atoms with Crippen molar-refractivity contribution in [3.8, 4) is 11.3 Å². The second-order valence-electron chi connectivity index (χ2n) is 18.8.